The number of hydrogen-bond donors (Lipinski definition) is 0. The zero-order valence-corrected chi connectivity index (χ0v) is 16.5. The largest absolute Gasteiger partial charge is 0.748 e. The average Bonchev–Trinajstić information content (AvgIpc) is 3.15. The normalized spacial score (nSPS) is 10.6. The minimum absolute atomic E-state index is 0. The molecule has 0 aromatic heterocycles. The van der Waals surface area contributed by atoms with Crippen molar-refractivity contribution in [3.8, 4) is 0 Å². The second kappa shape index (κ2) is 12.6. The van der Waals surface area contributed by atoms with Gasteiger partial charge in [-0.15, -0.1) is 0 Å². The summed E-state index contributed by atoms with van der Waals surface area (Å²) in [6.07, 6.45) is 9.61. The molecule has 0 bridgehead atoms. The van der Waals surface area contributed by atoms with Crippen LogP contribution in [-0.2, 0) is 28.9 Å². The first-order valence-electron chi connectivity index (χ1n) is 8.97. The van der Waals surface area contributed by atoms with Crippen LogP contribution in [0.15, 0.2) is 48.5 Å². The summed E-state index contributed by atoms with van der Waals surface area (Å²) in [6.45, 7) is 9.22. The molecule has 0 nitrogen and oxygen atoms in total. The van der Waals surface area contributed by atoms with E-state index in [4.69, 9.17) is 0 Å². The van der Waals surface area contributed by atoms with E-state index in [2.05, 4.69) is 45.9 Å². The van der Waals surface area contributed by atoms with Gasteiger partial charge in [-0.2, -0.15) is 17.2 Å². The number of rotatable bonds is 7. The van der Waals surface area contributed by atoms with Gasteiger partial charge in [0.15, 0.2) is 0 Å². The van der Waals surface area contributed by atoms with Gasteiger partial charge in [0, 0.05) is 17.1 Å². The summed E-state index contributed by atoms with van der Waals surface area (Å²) in [7, 11) is 0. The molecule has 0 atom stereocenters. The van der Waals surface area contributed by atoms with E-state index in [-0.39, 0.29) is 17.1 Å². The Morgan fingerprint density at radius 1 is 0.870 bits per heavy atom. The average molecular weight is 354 g/mol. The van der Waals surface area contributed by atoms with Gasteiger partial charge < -0.3 is 30.3 Å². The predicted molar refractivity (Wildman–Crippen MR) is 99.9 cm³/mol. The summed E-state index contributed by atoms with van der Waals surface area (Å²) in [5.41, 5.74) is 3.43. The van der Waals surface area contributed by atoms with Crippen molar-refractivity contribution in [1.29, 1.82) is 0 Å². The Kier molecular flexibility index (Phi) is 12.2. The Hall–Kier alpha value is -0.781. The van der Waals surface area contributed by atoms with Gasteiger partial charge in [0.1, 0.15) is 0 Å². The van der Waals surface area contributed by atoms with Crippen molar-refractivity contribution < 1.29 is 17.1 Å². The van der Waals surface area contributed by atoms with E-state index in [0.717, 1.165) is 0 Å². The first kappa shape index (κ1) is 22.2. The molecule has 0 fully saturated rings. The second-order valence-corrected chi connectivity index (χ2v) is 7.19. The predicted octanol–water partition coefficient (Wildman–Crippen LogP) is 7.01. The van der Waals surface area contributed by atoms with Crippen molar-refractivity contribution in [2.24, 2.45) is 0 Å². The molecule has 2 aromatic carbocycles. The SMILES string of the molecule is CCCCCCCC[c-]1cccc1C(C)(C)C.[Fe].[cH-]1[cH-][cH-][cH-][cH-]1. The summed E-state index contributed by atoms with van der Waals surface area (Å²) in [6, 6.07) is 16.8. The third-order valence-electron chi connectivity index (χ3n) is 4.07. The Bertz CT molecular complexity index is 439. The van der Waals surface area contributed by atoms with Crippen LogP contribution in [0.5, 0.6) is 0 Å². The molecule has 0 aliphatic carbocycles. The quantitative estimate of drug-likeness (QED) is 0.285. The second-order valence-electron chi connectivity index (χ2n) is 7.19. The van der Waals surface area contributed by atoms with Crippen LogP contribution >= 0.6 is 0 Å². The third kappa shape index (κ3) is 9.84. The molecule has 2 aromatic rings. The van der Waals surface area contributed by atoms with Crippen molar-refractivity contribution in [3.05, 3.63) is 59.7 Å². The molecule has 0 spiro atoms. The molecule has 0 heterocycles. The van der Waals surface area contributed by atoms with E-state index in [1.807, 2.05) is 30.3 Å². The summed E-state index contributed by atoms with van der Waals surface area (Å²) in [5, 5.41) is 0. The molecule has 1 heteroatoms. The molecule has 0 amide bonds. The van der Waals surface area contributed by atoms with Crippen LogP contribution in [0.4, 0.5) is 0 Å². The Balaban J connectivity index is 0.000000684. The minimum Gasteiger partial charge on any atom is -0.748 e. The topological polar surface area (TPSA) is 0 Å². The maximum Gasteiger partial charge on any atom is 0 e. The molecule has 0 aliphatic rings. The fraction of sp³-hybridized carbons (Fsp3) is 0.545. The Morgan fingerprint density at radius 2 is 1.39 bits per heavy atom. The van der Waals surface area contributed by atoms with Crippen LogP contribution in [0.2, 0.25) is 0 Å². The van der Waals surface area contributed by atoms with Gasteiger partial charge in [-0.1, -0.05) is 72.6 Å². The van der Waals surface area contributed by atoms with Gasteiger partial charge in [-0.3, -0.25) is 0 Å². The van der Waals surface area contributed by atoms with Crippen molar-refractivity contribution in [1.82, 2.24) is 0 Å². The van der Waals surface area contributed by atoms with Crippen molar-refractivity contribution in [2.75, 3.05) is 0 Å². The first-order valence-corrected chi connectivity index (χ1v) is 8.97. The molecule has 0 N–H and O–H groups in total. The zero-order valence-electron chi connectivity index (χ0n) is 15.4. The van der Waals surface area contributed by atoms with E-state index in [1.54, 1.807) is 11.1 Å². The van der Waals surface area contributed by atoms with Gasteiger partial charge in [0.25, 0.3) is 0 Å². The van der Waals surface area contributed by atoms with E-state index >= 15 is 0 Å². The monoisotopic (exact) mass is 354 g/mol. The van der Waals surface area contributed by atoms with Gasteiger partial charge >= 0.3 is 0 Å². The molecule has 0 aliphatic heterocycles. The van der Waals surface area contributed by atoms with Crippen LogP contribution in [-0.4, -0.2) is 0 Å². The molecule has 0 radical (unpaired) electrons. The van der Waals surface area contributed by atoms with Crippen molar-refractivity contribution in [2.45, 2.75) is 78.1 Å². The molecular formula is C22H34Fe-6. The van der Waals surface area contributed by atoms with Crippen LogP contribution < -0.4 is 0 Å². The molecule has 0 saturated heterocycles. The van der Waals surface area contributed by atoms with Crippen molar-refractivity contribution >= 4 is 0 Å². The maximum absolute atomic E-state index is 2.31. The summed E-state index contributed by atoms with van der Waals surface area (Å²) in [4.78, 5) is 0. The number of aryl methyl sites for hydroxylation is 1. The maximum atomic E-state index is 2.31. The minimum atomic E-state index is 0. The molecule has 136 valence electrons. The molecule has 2 rings (SSSR count). The summed E-state index contributed by atoms with van der Waals surface area (Å²) in [5.74, 6) is 0. The molecule has 0 saturated carbocycles. The zero-order chi connectivity index (χ0) is 16.3. The fourth-order valence-corrected chi connectivity index (χ4v) is 2.82. The van der Waals surface area contributed by atoms with Crippen molar-refractivity contribution in [3.63, 3.8) is 0 Å². The Labute approximate surface area is 154 Å². The number of unbranched alkanes of at least 4 members (excludes halogenated alkanes) is 5. The van der Waals surface area contributed by atoms with E-state index in [1.165, 1.54) is 44.9 Å². The van der Waals surface area contributed by atoms with Crippen LogP contribution in [0, 0.1) is 0 Å². The molecular weight excluding hydrogens is 320 g/mol. The van der Waals surface area contributed by atoms with Crippen LogP contribution in [0.25, 0.3) is 0 Å². The van der Waals surface area contributed by atoms with Gasteiger partial charge in [-0.05, 0) is 5.41 Å². The molecule has 23 heavy (non-hydrogen) atoms. The smallest absolute Gasteiger partial charge is 0 e. The van der Waals surface area contributed by atoms with Crippen LogP contribution in [0.3, 0.4) is 0 Å². The summed E-state index contributed by atoms with van der Waals surface area (Å²) < 4.78 is 0. The standard InChI is InChI=1S/C17H29.C5H5.Fe/c1-5-6-7-8-9-10-12-15-13-11-14-16(15)17(2,3)4;1-2-4-5-3-1;/h11,13-14H,5-10,12H2,1-4H3;1-5H;/q-1;-5;. The Morgan fingerprint density at radius 3 is 1.91 bits per heavy atom. The third-order valence-corrected chi connectivity index (χ3v) is 4.07. The van der Waals surface area contributed by atoms with Gasteiger partial charge in [0.2, 0.25) is 0 Å². The van der Waals surface area contributed by atoms with Crippen LogP contribution in [0.1, 0.15) is 77.3 Å². The van der Waals surface area contributed by atoms with E-state index in [0.29, 0.717) is 5.41 Å². The first-order chi connectivity index (χ1) is 10.6. The van der Waals surface area contributed by atoms with E-state index in [9.17, 15) is 0 Å². The number of hydrogen-bond acceptors (Lipinski definition) is 0. The fourth-order valence-electron chi connectivity index (χ4n) is 2.82. The van der Waals surface area contributed by atoms with Gasteiger partial charge in [0.05, 0.1) is 0 Å². The van der Waals surface area contributed by atoms with Gasteiger partial charge in [-0.25, -0.2) is 12.1 Å². The summed E-state index contributed by atoms with van der Waals surface area (Å²) >= 11 is 0. The molecule has 0 unspecified atom stereocenters. The van der Waals surface area contributed by atoms with E-state index < -0.39 is 0 Å².